The van der Waals surface area contributed by atoms with Gasteiger partial charge in [-0.2, -0.15) is 13.2 Å². The van der Waals surface area contributed by atoms with Crippen LogP contribution in [0.25, 0.3) is 5.82 Å². The van der Waals surface area contributed by atoms with Gasteiger partial charge in [0.15, 0.2) is 5.82 Å². The number of nitrogens with zero attached hydrogens (tertiary/aromatic N) is 2. The monoisotopic (exact) mass is 246 g/mol. The maximum absolute atomic E-state index is 12.6. The van der Waals surface area contributed by atoms with Crippen LogP contribution in [0.1, 0.15) is 5.69 Å². The van der Waals surface area contributed by atoms with Crippen molar-refractivity contribution in [1.29, 1.82) is 0 Å². The van der Waals surface area contributed by atoms with Crippen molar-refractivity contribution in [2.24, 2.45) is 0 Å². The summed E-state index contributed by atoms with van der Waals surface area (Å²) < 4.78 is 38.7. The highest BCUT2D eigenvalue weighted by atomic mass is 35.5. The van der Waals surface area contributed by atoms with Gasteiger partial charge in [0.05, 0.1) is 5.02 Å². The molecule has 6 heteroatoms. The van der Waals surface area contributed by atoms with E-state index in [9.17, 15) is 13.2 Å². The minimum Gasteiger partial charge on any atom is -0.296 e. The molecule has 0 unspecified atom stereocenters. The molecule has 0 saturated carbocycles. The van der Waals surface area contributed by atoms with Gasteiger partial charge in [-0.3, -0.25) is 4.57 Å². The molecule has 0 spiro atoms. The average molecular weight is 247 g/mol. The lowest BCUT2D eigenvalue weighted by molar-refractivity contribution is -0.142. The topological polar surface area (TPSA) is 17.8 Å². The van der Waals surface area contributed by atoms with Crippen molar-refractivity contribution in [3.05, 3.63) is 47.4 Å². The molecular weight excluding hydrogens is 241 g/mol. The molecule has 0 amide bonds. The highest BCUT2D eigenvalue weighted by molar-refractivity contribution is 6.32. The number of hydrogen-bond acceptors (Lipinski definition) is 1. The molecule has 0 aromatic carbocycles. The Bertz CT molecular complexity index is 505. The van der Waals surface area contributed by atoms with Crippen LogP contribution in [-0.4, -0.2) is 9.55 Å². The van der Waals surface area contributed by atoms with Crippen molar-refractivity contribution in [3.8, 4) is 5.82 Å². The van der Waals surface area contributed by atoms with E-state index in [0.717, 1.165) is 10.6 Å². The molecule has 0 saturated heterocycles. The Hall–Kier alpha value is -1.49. The number of hydrogen-bond donors (Lipinski definition) is 0. The third-order valence-electron chi connectivity index (χ3n) is 2.01. The predicted molar refractivity (Wildman–Crippen MR) is 53.6 cm³/mol. The van der Waals surface area contributed by atoms with Crippen LogP contribution in [0.3, 0.4) is 0 Å². The van der Waals surface area contributed by atoms with Crippen molar-refractivity contribution < 1.29 is 13.2 Å². The minimum absolute atomic E-state index is 0.0708. The van der Waals surface area contributed by atoms with Crippen LogP contribution < -0.4 is 0 Å². The van der Waals surface area contributed by atoms with Gasteiger partial charge in [0.2, 0.25) is 0 Å². The Labute approximate surface area is 94.3 Å². The van der Waals surface area contributed by atoms with Crippen molar-refractivity contribution in [3.63, 3.8) is 0 Å². The van der Waals surface area contributed by atoms with Crippen molar-refractivity contribution >= 4 is 11.6 Å². The van der Waals surface area contributed by atoms with Crippen LogP contribution in [-0.2, 0) is 6.18 Å². The molecule has 0 aliphatic rings. The molecule has 0 aliphatic carbocycles. The first-order valence-corrected chi connectivity index (χ1v) is 4.73. The molecule has 0 N–H and O–H groups in total. The van der Waals surface area contributed by atoms with E-state index >= 15 is 0 Å². The zero-order valence-corrected chi connectivity index (χ0v) is 8.63. The van der Waals surface area contributed by atoms with E-state index in [2.05, 4.69) is 4.98 Å². The van der Waals surface area contributed by atoms with Crippen molar-refractivity contribution in [2.45, 2.75) is 6.18 Å². The Morgan fingerprint density at radius 1 is 1.19 bits per heavy atom. The molecule has 84 valence electrons. The van der Waals surface area contributed by atoms with Crippen LogP contribution in [0.2, 0.25) is 5.02 Å². The molecule has 16 heavy (non-hydrogen) atoms. The molecule has 0 aliphatic heterocycles. The average Bonchev–Trinajstić information content (AvgIpc) is 2.66. The summed E-state index contributed by atoms with van der Waals surface area (Å²) in [6.07, 6.45) is -1.76. The lowest BCUT2D eigenvalue weighted by Crippen LogP contribution is -2.12. The predicted octanol–water partition coefficient (Wildman–Crippen LogP) is 3.54. The van der Waals surface area contributed by atoms with E-state index in [0.29, 0.717) is 0 Å². The van der Waals surface area contributed by atoms with E-state index in [4.69, 9.17) is 11.6 Å². The lowest BCUT2D eigenvalue weighted by atomic mass is 10.4. The highest BCUT2D eigenvalue weighted by Crippen LogP contribution is 2.32. The van der Waals surface area contributed by atoms with Crippen LogP contribution >= 0.6 is 11.6 Å². The van der Waals surface area contributed by atoms with Gasteiger partial charge in [0.25, 0.3) is 0 Å². The molecular formula is C10H6ClF3N2. The smallest absolute Gasteiger partial charge is 0.296 e. The number of alkyl halides is 3. The third kappa shape index (κ3) is 1.90. The quantitative estimate of drug-likeness (QED) is 0.752. The van der Waals surface area contributed by atoms with E-state index in [-0.39, 0.29) is 10.8 Å². The minimum atomic E-state index is -4.43. The maximum Gasteiger partial charge on any atom is 0.431 e. The van der Waals surface area contributed by atoms with Crippen molar-refractivity contribution in [2.75, 3.05) is 0 Å². The number of rotatable bonds is 1. The summed E-state index contributed by atoms with van der Waals surface area (Å²) in [7, 11) is 0. The fraction of sp³-hybridized carbons (Fsp3) is 0.100. The highest BCUT2D eigenvalue weighted by Gasteiger charge is 2.34. The summed E-state index contributed by atoms with van der Waals surface area (Å²) in [5.41, 5.74) is -0.798. The Balaban J connectivity index is 2.58. The van der Waals surface area contributed by atoms with Gasteiger partial charge < -0.3 is 0 Å². The van der Waals surface area contributed by atoms with Crippen LogP contribution in [0, 0.1) is 0 Å². The number of halogens is 4. The second-order valence-corrected chi connectivity index (χ2v) is 3.48. The first-order chi connectivity index (χ1) is 7.50. The normalized spacial score (nSPS) is 11.8. The third-order valence-corrected chi connectivity index (χ3v) is 2.30. The molecule has 0 fully saturated rings. The molecule has 0 atom stereocenters. The second kappa shape index (κ2) is 3.83. The van der Waals surface area contributed by atoms with Crippen LogP contribution in [0.4, 0.5) is 13.2 Å². The van der Waals surface area contributed by atoms with Gasteiger partial charge in [-0.05, 0) is 24.3 Å². The van der Waals surface area contributed by atoms with Crippen molar-refractivity contribution in [1.82, 2.24) is 9.55 Å². The molecule has 2 rings (SSSR count). The van der Waals surface area contributed by atoms with Gasteiger partial charge in [-0.1, -0.05) is 11.6 Å². The maximum atomic E-state index is 12.6. The van der Waals surface area contributed by atoms with Gasteiger partial charge in [-0.25, -0.2) is 4.98 Å². The van der Waals surface area contributed by atoms with E-state index in [1.54, 1.807) is 6.07 Å². The van der Waals surface area contributed by atoms with E-state index in [1.807, 2.05) is 0 Å². The zero-order chi connectivity index (χ0) is 11.8. The number of pyridine rings is 1. The van der Waals surface area contributed by atoms with Gasteiger partial charge >= 0.3 is 6.18 Å². The van der Waals surface area contributed by atoms with Crippen LogP contribution in [0.5, 0.6) is 0 Å². The van der Waals surface area contributed by atoms with E-state index in [1.165, 1.54) is 24.5 Å². The molecule has 2 nitrogen and oxygen atoms in total. The second-order valence-electron chi connectivity index (χ2n) is 3.07. The SMILES string of the molecule is FC(F)(F)c1cccn1-c1ncccc1Cl. The lowest BCUT2D eigenvalue weighted by Gasteiger charge is -2.11. The summed E-state index contributed by atoms with van der Waals surface area (Å²) in [4.78, 5) is 3.83. The number of aromatic nitrogens is 2. The molecule has 2 aromatic rings. The Kier molecular flexibility index (Phi) is 2.63. The zero-order valence-electron chi connectivity index (χ0n) is 7.87. The fourth-order valence-electron chi connectivity index (χ4n) is 1.35. The summed E-state index contributed by atoms with van der Waals surface area (Å²) in [6, 6.07) is 5.32. The standard InChI is InChI=1S/C10H6ClF3N2/c11-7-3-1-5-15-9(7)16-6-2-4-8(16)10(12,13)14/h1-6H. The first kappa shape index (κ1) is 11.0. The summed E-state index contributed by atoms with van der Waals surface area (Å²) >= 11 is 5.79. The molecule has 2 heterocycles. The van der Waals surface area contributed by atoms with Gasteiger partial charge in [-0.15, -0.1) is 0 Å². The summed E-state index contributed by atoms with van der Waals surface area (Å²) in [6.45, 7) is 0. The fourth-order valence-corrected chi connectivity index (χ4v) is 1.56. The summed E-state index contributed by atoms with van der Waals surface area (Å²) in [5, 5.41) is 0.171. The van der Waals surface area contributed by atoms with Gasteiger partial charge in [0, 0.05) is 12.4 Å². The van der Waals surface area contributed by atoms with Gasteiger partial charge in [0.1, 0.15) is 5.69 Å². The Morgan fingerprint density at radius 2 is 1.94 bits per heavy atom. The molecule has 2 aromatic heterocycles. The van der Waals surface area contributed by atoms with E-state index < -0.39 is 11.9 Å². The molecule has 0 bridgehead atoms. The Morgan fingerprint density at radius 3 is 2.56 bits per heavy atom. The first-order valence-electron chi connectivity index (χ1n) is 4.35. The largest absolute Gasteiger partial charge is 0.431 e. The summed E-state index contributed by atoms with van der Waals surface area (Å²) in [5.74, 6) is 0.0708. The molecule has 0 radical (unpaired) electrons. The van der Waals surface area contributed by atoms with Crippen LogP contribution in [0.15, 0.2) is 36.7 Å².